The number of pyridine rings is 1. The molecule has 0 amide bonds. The van der Waals surface area contributed by atoms with Crippen molar-refractivity contribution in [2.24, 2.45) is 0 Å². The van der Waals surface area contributed by atoms with Gasteiger partial charge in [-0.15, -0.1) is 5.10 Å². The number of aromatic amines is 1. The summed E-state index contributed by atoms with van der Waals surface area (Å²) in [5, 5.41) is 14.2. The van der Waals surface area contributed by atoms with E-state index in [1.807, 2.05) is 35.9 Å². The van der Waals surface area contributed by atoms with Crippen LogP contribution in [0, 0.1) is 13.8 Å². The van der Waals surface area contributed by atoms with Gasteiger partial charge in [-0.25, -0.2) is 4.68 Å². The van der Waals surface area contributed by atoms with Crippen LogP contribution >= 0.6 is 0 Å². The third-order valence-corrected chi connectivity index (χ3v) is 8.73. The first kappa shape index (κ1) is 26.5. The lowest BCUT2D eigenvalue weighted by atomic mass is 9.95. The minimum atomic E-state index is -0.346. The number of fused-ring (bicyclic) bond motifs is 1. The van der Waals surface area contributed by atoms with E-state index in [-0.39, 0.29) is 17.6 Å². The lowest BCUT2D eigenvalue weighted by molar-refractivity contribution is 0.192. The van der Waals surface area contributed by atoms with Crippen LogP contribution in [-0.2, 0) is 0 Å². The summed E-state index contributed by atoms with van der Waals surface area (Å²) in [4.78, 5) is 21.6. The van der Waals surface area contributed by atoms with Gasteiger partial charge in [0.15, 0.2) is 5.82 Å². The quantitative estimate of drug-likeness (QED) is 0.354. The van der Waals surface area contributed by atoms with Crippen LogP contribution in [0.4, 0.5) is 5.69 Å². The number of aromatic nitrogens is 5. The zero-order valence-corrected chi connectivity index (χ0v) is 23.8. The second-order valence-corrected chi connectivity index (χ2v) is 11.2. The first-order valence-electron chi connectivity index (χ1n) is 14.7. The maximum Gasteiger partial charge on any atom is 0.253 e. The Morgan fingerprint density at radius 2 is 1.82 bits per heavy atom. The number of nitrogens with zero attached hydrogens (tertiary/aromatic N) is 6. The van der Waals surface area contributed by atoms with E-state index in [1.54, 1.807) is 0 Å². The summed E-state index contributed by atoms with van der Waals surface area (Å²) >= 11 is 0. The van der Waals surface area contributed by atoms with Crippen molar-refractivity contribution in [1.82, 2.24) is 30.1 Å². The summed E-state index contributed by atoms with van der Waals surface area (Å²) in [6.07, 6.45) is 5.75. The highest BCUT2D eigenvalue weighted by molar-refractivity contribution is 5.80. The fourth-order valence-corrected chi connectivity index (χ4v) is 6.43. The second kappa shape index (κ2) is 11.4. The molecule has 1 aliphatic carbocycles. The van der Waals surface area contributed by atoms with Crippen LogP contribution in [0.3, 0.4) is 0 Å². The number of hydrogen-bond acceptors (Lipinski definition) is 7. The molecule has 9 heteroatoms. The highest BCUT2D eigenvalue weighted by atomic mass is 16.5. The van der Waals surface area contributed by atoms with Gasteiger partial charge in [-0.1, -0.05) is 31.4 Å². The normalized spacial score (nSPS) is 17.8. The number of tetrazole rings is 1. The van der Waals surface area contributed by atoms with Gasteiger partial charge in [-0.2, -0.15) is 0 Å². The van der Waals surface area contributed by atoms with Gasteiger partial charge in [-0.3, -0.25) is 9.69 Å². The molecule has 0 spiro atoms. The topological polar surface area (TPSA) is 92.2 Å². The number of ether oxygens (including phenoxy) is 1. The van der Waals surface area contributed by atoms with Crippen molar-refractivity contribution in [2.75, 3.05) is 37.7 Å². The van der Waals surface area contributed by atoms with Crippen LogP contribution in [0.1, 0.15) is 73.6 Å². The summed E-state index contributed by atoms with van der Waals surface area (Å²) < 4.78 is 7.77. The molecule has 2 aliphatic rings. The van der Waals surface area contributed by atoms with Gasteiger partial charge in [0.25, 0.3) is 5.56 Å². The first-order valence-corrected chi connectivity index (χ1v) is 14.7. The van der Waals surface area contributed by atoms with Crippen LogP contribution in [0.25, 0.3) is 10.9 Å². The minimum Gasteiger partial charge on any atom is -0.494 e. The molecule has 3 heterocycles. The molecule has 210 valence electrons. The summed E-state index contributed by atoms with van der Waals surface area (Å²) in [7, 11) is 0. The number of hydrogen-bond donors (Lipinski definition) is 1. The van der Waals surface area contributed by atoms with Crippen LogP contribution in [-0.4, -0.2) is 62.9 Å². The fraction of sp³-hybridized carbons (Fsp3) is 0.484. The molecule has 4 aromatic rings. The van der Waals surface area contributed by atoms with Crippen molar-refractivity contribution in [2.45, 2.75) is 65.0 Å². The number of aryl methyl sites for hydroxylation is 1. The van der Waals surface area contributed by atoms with E-state index in [0.717, 1.165) is 61.5 Å². The number of piperazine rings is 1. The Balaban J connectivity index is 1.39. The molecule has 40 heavy (non-hydrogen) atoms. The van der Waals surface area contributed by atoms with E-state index in [4.69, 9.17) is 4.74 Å². The molecule has 1 atom stereocenters. The molecule has 2 aromatic carbocycles. The van der Waals surface area contributed by atoms with E-state index < -0.39 is 0 Å². The zero-order valence-electron chi connectivity index (χ0n) is 23.8. The number of H-pyrrole nitrogens is 1. The van der Waals surface area contributed by atoms with Gasteiger partial charge >= 0.3 is 0 Å². The largest absolute Gasteiger partial charge is 0.494 e. The number of anilines is 1. The van der Waals surface area contributed by atoms with Crippen molar-refractivity contribution in [3.8, 4) is 5.75 Å². The van der Waals surface area contributed by atoms with Gasteiger partial charge in [0.1, 0.15) is 11.8 Å². The van der Waals surface area contributed by atoms with Crippen molar-refractivity contribution in [1.29, 1.82) is 0 Å². The number of benzene rings is 2. The van der Waals surface area contributed by atoms with E-state index in [9.17, 15) is 4.79 Å². The predicted octanol–water partition coefficient (Wildman–Crippen LogP) is 4.95. The Hall–Kier alpha value is -3.72. The molecule has 2 fully saturated rings. The molecular formula is C31H39N7O2. The highest BCUT2D eigenvalue weighted by Gasteiger charge is 2.34. The predicted molar refractivity (Wildman–Crippen MR) is 157 cm³/mol. The van der Waals surface area contributed by atoms with Crippen molar-refractivity contribution < 1.29 is 4.74 Å². The molecule has 1 N–H and O–H groups in total. The molecule has 0 unspecified atom stereocenters. The molecule has 0 radical (unpaired) electrons. The standard InChI is InChI=1S/C31H39N7O2/c1-4-40-25-13-14-27-23(19-25)20-26(31(39)32-27)29(30-33-34-35-38(30)24-10-6-5-7-11-24)37-17-15-36(16-18-37)28-12-8-9-21(2)22(28)3/h8-9,12-14,19-20,24,29H,4-7,10-11,15-18H2,1-3H3,(H,32,39)/t29-/m1/s1. The summed E-state index contributed by atoms with van der Waals surface area (Å²) in [5.74, 6) is 1.55. The van der Waals surface area contributed by atoms with Gasteiger partial charge in [-0.05, 0) is 85.5 Å². The molecule has 6 rings (SSSR count). The lowest BCUT2D eigenvalue weighted by Crippen LogP contribution is -2.49. The van der Waals surface area contributed by atoms with E-state index in [0.29, 0.717) is 12.2 Å². The van der Waals surface area contributed by atoms with Crippen LogP contribution in [0.15, 0.2) is 47.3 Å². The number of nitrogens with one attached hydrogen (secondary N) is 1. The van der Waals surface area contributed by atoms with E-state index in [2.05, 4.69) is 62.4 Å². The van der Waals surface area contributed by atoms with Crippen LogP contribution < -0.4 is 15.2 Å². The smallest absolute Gasteiger partial charge is 0.253 e. The summed E-state index contributed by atoms with van der Waals surface area (Å²) in [5.41, 5.74) is 5.28. The van der Waals surface area contributed by atoms with Crippen LogP contribution in [0.2, 0.25) is 0 Å². The van der Waals surface area contributed by atoms with Gasteiger partial charge in [0.2, 0.25) is 0 Å². The fourth-order valence-electron chi connectivity index (χ4n) is 6.43. The maximum absolute atomic E-state index is 13.7. The van der Waals surface area contributed by atoms with Crippen molar-refractivity contribution >= 4 is 16.6 Å². The zero-order chi connectivity index (χ0) is 27.6. The Morgan fingerprint density at radius 1 is 1.02 bits per heavy atom. The average molecular weight is 542 g/mol. The molecule has 1 saturated carbocycles. The lowest BCUT2D eigenvalue weighted by Gasteiger charge is -2.40. The third-order valence-electron chi connectivity index (χ3n) is 8.73. The Labute approximate surface area is 235 Å². The first-order chi connectivity index (χ1) is 19.5. The molecule has 2 aromatic heterocycles. The molecule has 1 aliphatic heterocycles. The SMILES string of the molecule is CCOc1ccc2[nH]c(=O)c([C@H](c3nnnn3C3CCCCC3)N3CCN(c4cccc(C)c4C)CC3)cc2c1. The van der Waals surface area contributed by atoms with Gasteiger partial charge in [0, 0.05) is 48.3 Å². The van der Waals surface area contributed by atoms with Gasteiger partial charge in [0.05, 0.1) is 12.6 Å². The molecular weight excluding hydrogens is 502 g/mol. The summed E-state index contributed by atoms with van der Waals surface area (Å²) in [6.45, 7) is 10.3. The number of rotatable bonds is 7. The molecule has 9 nitrogen and oxygen atoms in total. The van der Waals surface area contributed by atoms with Crippen molar-refractivity contribution in [3.05, 3.63) is 75.3 Å². The highest BCUT2D eigenvalue weighted by Crippen LogP contribution is 2.34. The van der Waals surface area contributed by atoms with Crippen molar-refractivity contribution in [3.63, 3.8) is 0 Å². The maximum atomic E-state index is 13.7. The third kappa shape index (κ3) is 5.10. The minimum absolute atomic E-state index is 0.100. The Kier molecular flexibility index (Phi) is 7.56. The Morgan fingerprint density at radius 3 is 2.60 bits per heavy atom. The average Bonchev–Trinajstić information content (AvgIpc) is 3.46. The monoisotopic (exact) mass is 541 g/mol. The van der Waals surface area contributed by atoms with E-state index >= 15 is 0 Å². The second-order valence-electron chi connectivity index (χ2n) is 11.2. The Bertz CT molecular complexity index is 1530. The van der Waals surface area contributed by atoms with E-state index in [1.165, 1.54) is 36.1 Å². The molecule has 1 saturated heterocycles. The molecule has 0 bridgehead atoms. The van der Waals surface area contributed by atoms with Gasteiger partial charge < -0.3 is 14.6 Å². The summed E-state index contributed by atoms with van der Waals surface area (Å²) in [6, 6.07) is 14.3. The van der Waals surface area contributed by atoms with Crippen LogP contribution in [0.5, 0.6) is 5.75 Å².